The van der Waals surface area contributed by atoms with Gasteiger partial charge in [0.15, 0.2) is 5.16 Å². The lowest BCUT2D eigenvalue weighted by atomic mass is 9.78. The normalized spacial score (nSPS) is 25.6. The van der Waals surface area contributed by atoms with Crippen molar-refractivity contribution in [3.63, 3.8) is 0 Å². The van der Waals surface area contributed by atoms with Gasteiger partial charge in [-0.15, -0.1) is 11.3 Å². The lowest BCUT2D eigenvalue weighted by molar-refractivity contribution is -0.121. The molecule has 1 saturated carbocycles. The number of hydrogen-bond donors (Lipinski definition) is 1. The number of amides is 1. The van der Waals surface area contributed by atoms with Gasteiger partial charge in [-0.1, -0.05) is 38.5 Å². The summed E-state index contributed by atoms with van der Waals surface area (Å²) < 4.78 is 1.62. The molecule has 0 spiro atoms. The molecule has 4 atom stereocenters. The predicted octanol–water partition coefficient (Wildman–Crippen LogP) is 3.91. The van der Waals surface area contributed by atoms with E-state index in [1.807, 2.05) is 6.92 Å². The minimum atomic E-state index is -0.285. The molecule has 2 aromatic rings. The monoisotopic (exact) mass is 419 g/mol. The molecule has 5 nitrogen and oxygen atoms in total. The summed E-state index contributed by atoms with van der Waals surface area (Å²) in [6.45, 7) is 6.41. The number of fused-ring (bicyclic) bond motifs is 3. The van der Waals surface area contributed by atoms with E-state index >= 15 is 0 Å². The van der Waals surface area contributed by atoms with Gasteiger partial charge >= 0.3 is 0 Å². The fourth-order valence-electron chi connectivity index (χ4n) is 4.51. The minimum Gasteiger partial charge on any atom is -0.352 e. The first-order chi connectivity index (χ1) is 13.4. The average molecular weight is 420 g/mol. The zero-order chi connectivity index (χ0) is 20.0. The first-order valence-corrected chi connectivity index (χ1v) is 12.0. The van der Waals surface area contributed by atoms with E-state index in [1.54, 1.807) is 23.0 Å². The highest BCUT2D eigenvalue weighted by Gasteiger charge is 2.30. The van der Waals surface area contributed by atoms with Crippen LogP contribution in [0.1, 0.15) is 56.9 Å². The minimum absolute atomic E-state index is 0.0224. The van der Waals surface area contributed by atoms with Gasteiger partial charge in [-0.25, -0.2) is 4.98 Å². The van der Waals surface area contributed by atoms with E-state index in [-0.39, 0.29) is 22.8 Å². The van der Waals surface area contributed by atoms with Gasteiger partial charge in [0.05, 0.1) is 10.6 Å². The number of thiophene rings is 1. The summed E-state index contributed by atoms with van der Waals surface area (Å²) in [5.74, 6) is 1.19. The second-order valence-electron chi connectivity index (χ2n) is 8.44. The average Bonchev–Trinajstić information content (AvgIpc) is 3.23. The van der Waals surface area contributed by atoms with E-state index in [0.717, 1.165) is 35.9 Å². The molecule has 4 rings (SSSR count). The maximum atomic E-state index is 12.9. The molecule has 0 saturated heterocycles. The van der Waals surface area contributed by atoms with Crippen molar-refractivity contribution >= 4 is 39.2 Å². The van der Waals surface area contributed by atoms with Crippen LogP contribution in [0, 0.1) is 11.8 Å². The zero-order valence-electron chi connectivity index (χ0n) is 17.1. The van der Waals surface area contributed by atoms with Crippen LogP contribution in [0.3, 0.4) is 0 Å². The van der Waals surface area contributed by atoms with Crippen molar-refractivity contribution in [3.05, 3.63) is 20.8 Å². The highest BCUT2D eigenvalue weighted by atomic mass is 32.2. The van der Waals surface area contributed by atoms with Gasteiger partial charge in [0.25, 0.3) is 5.56 Å². The Labute approximate surface area is 174 Å². The molecular weight excluding hydrogens is 390 g/mol. The summed E-state index contributed by atoms with van der Waals surface area (Å²) in [5, 5.41) is 4.39. The molecule has 2 aliphatic rings. The molecule has 152 valence electrons. The number of thioether (sulfide) groups is 1. The first kappa shape index (κ1) is 20.0. The fourth-order valence-corrected chi connectivity index (χ4v) is 6.69. The van der Waals surface area contributed by atoms with Crippen molar-refractivity contribution < 1.29 is 4.79 Å². The number of aryl methyl sites for hydroxylation is 2. The van der Waals surface area contributed by atoms with Gasteiger partial charge in [-0.3, -0.25) is 14.2 Å². The number of nitrogens with one attached hydrogen (secondary N) is 1. The zero-order valence-corrected chi connectivity index (χ0v) is 18.7. The van der Waals surface area contributed by atoms with Gasteiger partial charge in [-0.05, 0) is 50.0 Å². The van der Waals surface area contributed by atoms with E-state index in [9.17, 15) is 9.59 Å². The Bertz CT molecular complexity index is 965. The predicted molar refractivity (Wildman–Crippen MR) is 116 cm³/mol. The SMILES string of the molecule is C[C@H]1[C@@H](NC(=O)[C@@H](C)Sc2nc3sc4c(c3c(=O)n2C)CCC4)CCC[C@@H]1C. The molecule has 0 aromatic carbocycles. The van der Waals surface area contributed by atoms with Crippen LogP contribution in [0.15, 0.2) is 9.95 Å². The summed E-state index contributed by atoms with van der Waals surface area (Å²) in [7, 11) is 1.77. The third kappa shape index (κ3) is 3.52. The van der Waals surface area contributed by atoms with Crippen LogP contribution in [0.2, 0.25) is 0 Å². The quantitative estimate of drug-likeness (QED) is 0.603. The summed E-state index contributed by atoms with van der Waals surface area (Å²) in [6.07, 6.45) is 6.64. The molecule has 0 aliphatic heterocycles. The van der Waals surface area contributed by atoms with Crippen LogP contribution in [0.4, 0.5) is 0 Å². The van der Waals surface area contributed by atoms with Crippen LogP contribution >= 0.6 is 23.1 Å². The van der Waals surface area contributed by atoms with Crippen molar-refractivity contribution in [1.82, 2.24) is 14.9 Å². The third-order valence-corrected chi connectivity index (χ3v) is 8.92. The summed E-state index contributed by atoms with van der Waals surface area (Å²) in [6, 6.07) is 0.249. The molecule has 1 N–H and O–H groups in total. The van der Waals surface area contributed by atoms with Gasteiger partial charge in [0, 0.05) is 18.0 Å². The van der Waals surface area contributed by atoms with Crippen molar-refractivity contribution in [1.29, 1.82) is 0 Å². The highest BCUT2D eigenvalue weighted by molar-refractivity contribution is 8.00. The standard InChI is InChI=1S/C21H29N3O2S2/c1-11-7-5-9-15(12(11)2)22-18(25)13(3)27-21-23-19-17(20(26)24(21)4)14-8-6-10-16(14)28-19/h11-13,15H,5-10H2,1-4H3,(H,22,25)/t11-,12+,13+,15-/m0/s1. The van der Waals surface area contributed by atoms with Gasteiger partial charge in [-0.2, -0.15) is 0 Å². The van der Waals surface area contributed by atoms with Gasteiger partial charge < -0.3 is 5.32 Å². The summed E-state index contributed by atoms with van der Waals surface area (Å²) in [4.78, 5) is 32.6. The van der Waals surface area contributed by atoms with Gasteiger partial charge in [0.1, 0.15) is 4.83 Å². The van der Waals surface area contributed by atoms with Crippen molar-refractivity contribution in [2.45, 2.75) is 75.7 Å². The Morgan fingerprint density at radius 2 is 2.07 bits per heavy atom. The number of aromatic nitrogens is 2. The molecule has 1 amide bonds. The second-order valence-corrected chi connectivity index (χ2v) is 10.8. The molecule has 1 fully saturated rings. The molecule has 28 heavy (non-hydrogen) atoms. The molecule has 2 aliphatic carbocycles. The van der Waals surface area contributed by atoms with Crippen LogP contribution in [-0.2, 0) is 24.7 Å². The lowest BCUT2D eigenvalue weighted by Crippen LogP contribution is -2.46. The smallest absolute Gasteiger partial charge is 0.262 e. The van der Waals surface area contributed by atoms with Crippen molar-refractivity contribution in [2.24, 2.45) is 18.9 Å². The molecule has 2 heterocycles. The number of carbonyl (C=O) groups excluding carboxylic acids is 1. The number of carbonyl (C=O) groups is 1. The largest absolute Gasteiger partial charge is 0.352 e. The van der Waals surface area contributed by atoms with Crippen LogP contribution in [0.5, 0.6) is 0 Å². The molecule has 0 unspecified atom stereocenters. The topological polar surface area (TPSA) is 64.0 Å². The molecular formula is C21H29N3O2S2. The lowest BCUT2D eigenvalue weighted by Gasteiger charge is -2.35. The Hall–Kier alpha value is -1.34. The summed E-state index contributed by atoms with van der Waals surface area (Å²) in [5.41, 5.74) is 1.23. The first-order valence-electron chi connectivity index (χ1n) is 10.3. The van der Waals surface area contributed by atoms with E-state index < -0.39 is 0 Å². The van der Waals surface area contributed by atoms with E-state index in [2.05, 4.69) is 19.2 Å². The van der Waals surface area contributed by atoms with Crippen molar-refractivity contribution in [3.8, 4) is 0 Å². The Balaban J connectivity index is 1.52. The maximum Gasteiger partial charge on any atom is 0.262 e. The Morgan fingerprint density at radius 3 is 2.86 bits per heavy atom. The number of nitrogens with zero attached hydrogens (tertiary/aromatic N) is 2. The fraction of sp³-hybridized carbons (Fsp3) is 0.667. The Morgan fingerprint density at radius 1 is 1.29 bits per heavy atom. The molecule has 7 heteroatoms. The molecule has 0 radical (unpaired) electrons. The van der Waals surface area contributed by atoms with Crippen molar-refractivity contribution in [2.75, 3.05) is 0 Å². The highest BCUT2D eigenvalue weighted by Crippen LogP contribution is 2.36. The van der Waals surface area contributed by atoms with Gasteiger partial charge in [0.2, 0.25) is 5.91 Å². The van der Waals surface area contributed by atoms with E-state index in [0.29, 0.717) is 17.0 Å². The maximum absolute atomic E-state index is 12.9. The Kier molecular flexibility index (Phi) is 5.58. The number of hydrogen-bond acceptors (Lipinski definition) is 5. The van der Waals surface area contributed by atoms with E-state index in [4.69, 9.17) is 4.98 Å². The van der Waals surface area contributed by atoms with Crippen LogP contribution in [-0.4, -0.2) is 26.8 Å². The van der Waals surface area contributed by atoms with Crippen LogP contribution < -0.4 is 10.9 Å². The van der Waals surface area contributed by atoms with Crippen LogP contribution in [0.25, 0.3) is 10.2 Å². The van der Waals surface area contributed by atoms with E-state index in [1.165, 1.54) is 35.0 Å². The number of rotatable bonds is 4. The molecule has 2 aromatic heterocycles. The second kappa shape index (κ2) is 7.82. The summed E-state index contributed by atoms with van der Waals surface area (Å²) >= 11 is 3.03. The molecule has 0 bridgehead atoms. The third-order valence-electron chi connectivity index (χ3n) is 6.59.